The van der Waals surface area contributed by atoms with E-state index in [9.17, 15) is 9.59 Å². The minimum absolute atomic E-state index is 0.283. The SMILES string of the molecule is CNCc1cccc(NC(=O)c2ccccc2C=O)c1. The first-order chi connectivity index (χ1) is 9.74. The van der Waals surface area contributed by atoms with Gasteiger partial charge in [0.2, 0.25) is 0 Å². The van der Waals surface area contributed by atoms with Gasteiger partial charge in [-0.1, -0.05) is 30.3 Å². The lowest BCUT2D eigenvalue weighted by molar-refractivity contribution is 0.101. The fraction of sp³-hybridized carbons (Fsp3) is 0.125. The van der Waals surface area contributed by atoms with E-state index in [1.807, 2.05) is 31.3 Å². The Labute approximate surface area is 117 Å². The Balaban J connectivity index is 2.19. The predicted molar refractivity (Wildman–Crippen MR) is 79.0 cm³/mol. The highest BCUT2D eigenvalue weighted by Crippen LogP contribution is 2.14. The van der Waals surface area contributed by atoms with E-state index in [0.717, 1.165) is 12.1 Å². The average molecular weight is 268 g/mol. The van der Waals surface area contributed by atoms with Gasteiger partial charge in [-0.05, 0) is 30.8 Å². The van der Waals surface area contributed by atoms with Gasteiger partial charge in [-0.25, -0.2) is 0 Å². The van der Waals surface area contributed by atoms with Crippen molar-refractivity contribution >= 4 is 17.9 Å². The van der Waals surface area contributed by atoms with Crippen LogP contribution in [0.25, 0.3) is 0 Å². The zero-order valence-electron chi connectivity index (χ0n) is 11.2. The van der Waals surface area contributed by atoms with Gasteiger partial charge in [0.15, 0.2) is 6.29 Å². The molecule has 0 saturated carbocycles. The summed E-state index contributed by atoms with van der Waals surface area (Å²) in [7, 11) is 1.87. The summed E-state index contributed by atoms with van der Waals surface area (Å²) in [6.45, 7) is 0.731. The molecule has 0 saturated heterocycles. The van der Waals surface area contributed by atoms with Gasteiger partial charge in [-0.15, -0.1) is 0 Å². The zero-order chi connectivity index (χ0) is 14.4. The van der Waals surface area contributed by atoms with E-state index < -0.39 is 0 Å². The van der Waals surface area contributed by atoms with Crippen LogP contribution in [0.1, 0.15) is 26.3 Å². The van der Waals surface area contributed by atoms with E-state index in [2.05, 4.69) is 10.6 Å². The van der Waals surface area contributed by atoms with Crippen molar-refractivity contribution in [1.82, 2.24) is 5.32 Å². The molecular weight excluding hydrogens is 252 g/mol. The van der Waals surface area contributed by atoms with E-state index in [-0.39, 0.29) is 5.91 Å². The largest absolute Gasteiger partial charge is 0.322 e. The Morgan fingerprint density at radius 3 is 2.70 bits per heavy atom. The molecule has 0 atom stereocenters. The number of carbonyl (C=O) groups is 2. The van der Waals surface area contributed by atoms with Gasteiger partial charge < -0.3 is 10.6 Å². The summed E-state index contributed by atoms with van der Waals surface area (Å²) < 4.78 is 0. The molecule has 102 valence electrons. The Morgan fingerprint density at radius 2 is 1.95 bits per heavy atom. The molecule has 0 fully saturated rings. The highest BCUT2D eigenvalue weighted by atomic mass is 16.1. The van der Waals surface area contributed by atoms with Crippen LogP contribution in [0.4, 0.5) is 5.69 Å². The second kappa shape index (κ2) is 6.63. The number of carbonyl (C=O) groups excluding carboxylic acids is 2. The molecule has 0 bridgehead atoms. The molecular formula is C16H16N2O2. The topological polar surface area (TPSA) is 58.2 Å². The third kappa shape index (κ3) is 3.30. The molecule has 2 aromatic rings. The lowest BCUT2D eigenvalue weighted by atomic mass is 10.1. The molecule has 0 spiro atoms. The fourth-order valence-corrected chi connectivity index (χ4v) is 1.97. The number of hydrogen-bond donors (Lipinski definition) is 2. The maximum Gasteiger partial charge on any atom is 0.256 e. The molecule has 0 aliphatic heterocycles. The van der Waals surface area contributed by atoms with Gasteiger partial charge in [-0.2, -0.15) is 0 Å². The molecule has 2 N–H and O–H groups in total. The van der Waals surface area contributed by atoms with Crippen LogP contribution in [-0.4, -0.2) is 19.2 Å². The first-order valence-corrected chi connectivity index (χ1v) is 6.33. The monoisotopic (exact) mass is 268 g/mol. The van der Waals surface area contributed by atoms with E-state index in [1.165, 1.54) is 0 Å². The van der Waals surface area contributed by atoms with Crippen molar-refractivity contribution in [2.45, 2.75) is 6.54 Å². The summed E-state index contributed by atoms with van der Waals surface area (Å²) in [6.07, 6.45) is 0.687. The van der Waals surface area contributed by atoms with Crippen LogP contribution in [0.3, 0.4) is 0 Å². The lowest BCUT2D eigenvalue weighted by Crippen LogP contribution is -2.14. The number of anilines is 1. The molecule has 20 heavy (non-hydrogen) atoms. The third-order valence-electron chi connectivity index (χ3n) is 2.90. The summed E-state index contributed by atoms with van der Waals surface area (Å²) in [5, 5.41) is 5.86. The minimum atomic E-state index is -0.283. The maximum atomic E-state index is 12.2. The second-order valence-corrected chi connectivity index (χ2v) is 4.39. The van der Waals surface area contributed by atoms with Gasteiger partial charge in [0.25, 0.3) is 5.91 Å². The van der Waals surface area contributed by atoms with Crippen LogP contribution in [0.2, 0.25) is 0 Å². The van der Waals surface area contributed by atoms with Crippen molar-refractivity contribution in [3.63, 3.8) is 0 Å². The molecule has 0 aromatic heterocycles. The Bertz CT molecular complexity index is 623. The van der Waals surface area contributed by atoms with Crippen LogP contribution in [0.5, 0.6) is 0 Å². The molecule has 4 nitrogen and oxygen atoms in total. The quantitative estimate of drug-likeness (QED) is 0.819. The first-order valence-electron chi connectivity index (χ1n) is 6.33. The summed E-state index contributed by atoms with van der Waals surface area (Å²) in [4.78, 5) is 23.1. The summed E-state index contributed by atoms with van der Waals surface area (Å²) in [6, 6.07) is 14.3. The molecule has 2 aromatic carbocycles. The summed E-state index contributed by atoms with van der Waals surface area (Å²) in [5.41, 5.74) is 2.55. The Morgan fingerprint density at radius 1 is 1.15 bits per heavy atom. The Kier molecular flexibility index (Phi) is 4.63. The minimum Gasteiger partial charge on any atom is -0.322 e. The third-order valence-corrected chi connectivity index (χ3v) is 2.90. The fourth-order valence-electron chi connectivity index (χ4n) is 1.97. The van der Waals surface area contributed by atoms with E-state index in [0.29, 0.717) is 23.1 Å². The average Bonchev–Trinajstić information content (AvgIpc) is 2.48. The van der Waals surface area contributed by atoms with Gasteiger partial charge in [-0.3, -0.25) is 9.59 Å². The van der Waals surface area contributed by atoms with Crippen LogP contribution >= 0.6 is 0 Å². The zero-order valence-corrected chi connectivity index (χ0v) is 11.2. The Hall–Kier alpha value is -2.46. The standard InChI is InChI=1S/C16H16N2O2/c1-17-10-12-5-4-7-14(9-12)18-16(20)15-8-3-2-6-13(15)11-19/h2-9,11,17H,10H2,1H3,(H,18,20). The normalized spacial score (nSPS) is 10.1. The number of amides is 1. The van der Waals surface area contributed by atoms with Crippen molar-refractivity contribution in [2.24, 2.45) is 0 Å². The van der Waals surface area contributed by atoms with Crippen molar-refractivity contribution < 1.29 is 9.59 Å². The van der Waals surface area contributed by atoms with Crippen LogP contribution in [0, 0.1) is 0 Å². The molecule has 1 amide bonds. The summed E-state index contributed by atoms with van der Waals surface area (Å²) in [5.74, 6) is -0.283. The van der Waals surface area contributed by atoms with Crippen LogP contribution in [-0.2, 0) is 6.54 Å². The number of nitrogens with one attached hydrogen (secondary N) is 2. The molecule has 2 rings (SSSR count). The number of hydrogen-bond acceptors (Lipinski definition) is 3. The van der Waals surface area contributed by atoms with Gasteiger partial charge in [0.1, 0.15) is 0 Å². The molecule has 0 aliphatic carbocycles. The molecule has 0 heterocycles. The molecule has 0 radical (unpaired) electrons. The summed E-state index contributed by atoms with van der Waals surface area (Å²) >= 11 is 0. The van der Waals surface area contributed by atoms with Crippen molar-refractivity contribution in [3.8, 4) is 0 Å². The van der Waals surface area contributed by atoms with Gasteiger partial charge in [0, 0.05) is 17.8 Å². The van der Waals surface area contributed by atoms with Crippen molar-refractivity contribution in [2.75, 3.05) is 12.4 Å². The van der Waals surface area contributed by atoms with Crippen LogP contribution < -0.4 is 10.6 Å². The van der Waals surface area contributed by atoms with E-state index >= 15 is 0 Å². The smallest absolute Gasteiger partial charge is 0.256 e. The van der Waals surface area contributed by atoms with Crippen molar-refractivity contribution in [3.05, 3.63) is 65.2 Å². The highest BCUT2D eigenvalue weighted by molar-refractivity contribution is 6.08. The van der Waals surface area contributed by atoms with Gasteiger partial charge in [0.05, 0.1) is 5.56 Å². The van der Waals surface area contributed by atoms with Crippen LogP contribution in [0.15, 0.2) is 48.5 Å². The van der Waals surface area contributed by atoms with E-state index in [1.54, 1.807) is 24.3 Å². The lowest BCUT2D eigenvalue weighted by Gasteiger charge is -2.08. The molecule has 0 unspecified atom stereocenters. The number of aldehydes is 1. The van der Waals surface area contributed by atoms with Crippen molar-refractivity contribution in [1.29, 1.82) is 0 Å². The van der Waals surface area contributed by atoms with Gasteiger partial charge >= 0.3 is 0 Å². The number of benzene rings is 2. The highest BCUT2D eigenvalue weighted by Gasteiger charge is 2.10. The first kappa shape index (κ1) is 14.0. The maximum absolute atomic E-state index is 12.2. The second-order valence-electron chi connectivity index (χ2n) is 4.39. The molecule has 4 heteroatoms. The number of rotatable bonds is 5. The van der Waals surface area contributed by atoms with E-state index in [4.69, 9.17) is 0 Å². The molecule has 0 aliphatic rings. The predicted octanol–water partition coefficient (Wildman–Crippen LogP) is 2.47.